The Bertz CT molecular complexity index is 748. The molecule has 2 atom stereocenters. The Labute approximate surface area is 141 Å². The molecule has 5 heteroatoms. The lowest BCUT2D eigenvalue weighted by molar-refractivity contribution is -0.127. The first kappa shape index (κ1) is 16.6. The number of carbonyl (C=O) groups excluding carboxylic acids is 1. The van der Waals surface area contributed by atoms with Gasteiger partial charge in [0.2, 0.25) is 5.91 Å². The van der Waals surface area contributed by atoms with Crippen LogP contribution in [0.15, 0.2) is 34.7 Å². The fraction of sp³-hybridized carbons (Fsp3) is 0.421. The maximum atomic E-state index is 12.5. The van der Waals surface area contributed by atoms with Gasteiger partial charge in [-0.05, 0) is 44.9 Å². The summed E-state index contributed by atoms with van der Waals surface area (Å²) in [4.78, 5) is 12.5. The minimum atomic E-state index is -1.18. The van der Waals surface area contributed by atoms with Crippen LogP contribution in [-0.4, -0.2) is 24.2 Å². The highest BCUT2D eigenvalue weighted by Crippen LogP contribution is 2.28. The molecule has 2 unspecified atom stereocenters. The van der Waals surface area contributed by atoms with Gasteiger partial charge in [0.15, 0.2) is 0 Å². The van der Waals surface area contributed by atoms with Crippen molar-refractivity contribution in [2.45, 2.75) is 32.8 Å². The zero-order valence-electron chi connectivity index (χ0n) is 14.3. The second-order valence-electron chi connectivity index (χ2n) is 6.64. The molecule has 0 aliphatic carbocycles. The van der Waals surface area contributed by atoms with Crippen LogP contribution in [-0.2, 0) is 16.8 Å². The molecule has 1 aliphatic rings. The fourth-order valence-corrected chi connectivity index (χ4v) is 3.16. The van der Waals surface area contributed by atoms with E-state index in [1.54, 1.807) is 13.0 Å². The van der Waals surface area contributed by atoms with Crippen molar-refractivity contribution in [3.63, 3.8) is 0 Å². The quantitative estimate of drug-likeness (QED) is 0.904. The highest BCUT2D eigenvalue weighted by molar-refractivity contribution is 5.79. The summed E-state index contributed by atoms with van der Waals surface area (Å²) in [5.41, 5.74) is 0.563. The third-order valence-corrected chi connectivity index (χ3v) is 4.48. The predicted molar refractivity (Wildman–Crippen MR) is 89.9 cm³/mol. The maximum Gasteiger partial charge on any atom is 0.227 e. The van der Waals surface area contributed by atoms with E-state index in [-0.39, 0.29) is 18.4 Å². The minimum absolute atomic E-state index is 0.109. The van der Waals surface area contributed by atoms with E-state index >= 15 is 0 Å². The number of hydrogen-bond acceptors (Lipinski definition) is 4. The van der Waals surface area contributed by atoms with E-state index in [0.717, 1.165) is 17.1 Å². The van der Waals surface area contributed by atoms with Crippen molar-refractivity contribution in [1.82, 2.24) is 5.32 Å². The van der Waals surface area contributed by atoms with Crippen LogP contribution in [0.4, 0.5) is 0 Å². The number of ether oxygens (including phenoxy) is 1. The molecule has 128 valence electrons. The highest BCUT2D eigenvalue weighted by Gasteiger charge is 2.31. The summed E-state index contributed by atoms with van der Waals surface area (Å²) in [7, 11) is 0. The average molecular weight is 329 g/mol. The smallest absolute Gasteiger partial charge is 0.227 e. The van der Waals surface area contributed by atoms with Crippen LogP contribution in [0.3, 0.4) is 0 Å². The molecule has 0 bridgehead atoms. The monoisotopic (exact) mass is 329 g/mol. The van der Waals surface area contributed by atoms with Crippen molar-refractivity contribution in [3.8, 4) is 5.75 Å². The molecule has 1 amide bonds. The van der Waals surface area contributed by atoms with Crippen LogP contribution >= 0.6 is 0 Å². The number of para-hydroxylation sites is 1. The molecule has 0 fully saturated rings. The number of carbonyl (C=O) groups is 1. The van der Waals surface area contributed by atoms with Crippen molar-refractivity contribution in [1.29, 1.82) is 0 Å². The van der Waals surface area contributed by atoms with Crippen LogP contribution in [0.25, 0.3) is 0 Å². The molecule has 0 saturated heterocycles. The number of rotatable bonds is 4. The molecule has 1 aromatic heterocycles. The first-order valence-electron chi connectivity index (χ1n) is 8.15. The van der Waals surface area contributed by atoms with Crippen molar-refractivity contribution < 1.29 is 19.1 Å². The Morgan fingerprint density at radius 2 is 2.12 bits per heavy atom. The zero-order chi connectivity index (χ0) is 17.3. The largest absolute Gasteiger partial charge is 0.492 e. The summed E-state index contributed by atoms with van der Waals surface area (Å²) < 4.78 is 11.1. The van der Waals surface area contributed by atoms with Crippen molar-refractivity contribution in [3.05, 3.63) is 53.0 Å². The number of amides is 1. The SMILES string of the molecule is Cc1cc(C(C)(O)CNC(=O)C2COc3ccccc3C2)c(C)o1. The molecule has 2 heterocycles. The van der Waals surface area contributed by atoms with E-state index < -0.39 is 5.60 Å². The minimum Gasteiger partial charge on any atom is -0.492 e. The first-order valence-corrected chi connectivity index (χ1v) is 8.15. The van der Waals surface area contributed by atoms with Gasteiger partial charge in [-0.1, -0.05) is 18.2 Å². The maximum absolute atomic E-state index is 12.5. The first-order chi connectivity index (χ1) is 11.4. The molecular weight excluding hydrogens is 306 g/mol. The number of aryl methyl sites for hydroxylation is 2. The van der Waals surface area contributed by atoms with Crippen LogP contribution < -0.4 is 10.1 Å². The Hall–Kier alpha value is -2.27. The third-order valence-electron chi connectivity index (χ3n) is 4.48. The molecule has 0 spiro atoms. The molecule has 1 aromatic carbocycles. The lowest BCUT2D eigenvalue weighted by Gasteiger charge is -2.27. The van der Waals surface area contributed by atoms with Gasteiger partial charge >= 0.3 is 0 Å². The van der Waals surface area contributed by atoms with Gasteiger partial charge < -0.3 is 19.6 Å². The van der Waals surface area contributed by atoms with Gasteiger partial charge in [-0.25, -0.2) is 0 Å². The van der Waals surface area contributed by atoms with Crippen molar-refractivity contribution in [2.24, 2.45) is 5.92 Å². The van der Waals surface area contributed by atoms with E-state index in [2.05, 4.69) is 5.32 Å². The fourth-order valence-electron chi connectivity index (χ4n) is 3.16. The zero-order valence-corrected chi connectivity index (χ0v) is 14.3. The molecule has 0 saturated carbocycles. The number of furan rings is 1. The van der Waals surface area contributed by atoms with Gasteiger partial charge in [0.05, 0.1) is 12.5 Å². The Kier molecular flexibility index (Phi) is 4.37. The number of benzene rings is 1. The summed E-state index contributed by atoms with van der Waals surface area (Å²) in [5.74, 6) is 1.90. The molecule has 24 heavy (non-hydrogen) atoms. The molecule has 0 radical (unpaired) electrons. The summed E-state index contributed by atoms with van der Waals surface area (Å²) in [6.45, 7) is 5.81. The van der Waals surface area contributed by atoms with Crippen molar-refractivity contribution in [2.75, 3.05) is 13.2 Å². The molecular formula is C19H23NO4. The Morgan fingerprint density at radius 3 is 2.83 bits per heavy atom. The second kappa shape index (κ2) is 6.32. The van der Waals surface area contributed by atoms with Gasteiger partial charge in [0.1, 0.15) is 29.5 Å². The third kappa shape index (κ3) is 3.31. The van der Waals surface area contributed by atoms with Gasteiger partial charge in [-0.2, -0.15) is 0 Å². The number of nitrogens with one attached hydrogen (secondary N) is 1. The molecule has 5 nitrogen and oxygen atoms in total. The van der Waals surface area contributed by atoms with E-state index in [1.165, 1.54) is 0 Å². The summed E-state index contributed by atoms with van der Waals surface area (Å²) in [5, 5.41) is 13.5. The van der Waals surface area contributed by atoms with E-state index in [9.17, 15) is 9.90 Å². The van der Waals surface area contributed by atoms with Crippen LogP contribution in [0.5, 0.6) is 5.75 Å². The van der Waals surface area contributed by atoms with Crippen LogP contribution in [0, 0.1) is 19.8 Å². The normalized spacial score (nSPS) is 19.1. The van der Waals surface area contributed by atoms with Crippen LogP contribution in [0.2, 0.25) is 0 Å². The standard InChI is InChI=1S/C19H23NO4/c1-12-8-16(13(2)24-12)19(3,22)11-20-18(21)15-9-14-6-4-5-7-17(14)23-10-15/h4-8,15,22H,9-11H2,1-3H3,(H,20,21). The summed E-state index contributed by atoms with van der Waals surface area (Å²) >= 11 is 0. The Balaban J connectivity index is 1.63. The molecule has 1 aliphatic heterocycles. The predicted octanol–water partition coefficient (Wildman–Crippen LogP) is 2.47. The van der Waals surface area contributed by atoms with E-state index in [0.29, 0.717) is 24.4 Å². The van der Waals surface area contributed by atoms with Crippen LogP contribution in [0.1, 0.15) is 29.6 Å². The average Bonchev–Trinajstić information content (AvgIpc) is 2.91. The topological polar surface area (TPSA) is 71.7 Å². The lowest BCUT2D eigenvalue weighted by Crippen LogP contribution is -2.43. The highest BCUT2D eigenvalue weighted by atomic mass is 16.5. The summed E-state index contributed by atoms with van der Waals surface area (Å²) in [6, 6.07) is 9.56. The van der Waals surface area contributed by atoms with Gasteiger partial charge in [-0.3, -0.25) is 4.79 Å². The molecule has 2 aromatic rings. The van der Waals surface area contributed by atoms with E-state index in [4.69, 9.17) is 9.15 Å². The number of fused-ring (bicyclic) bond motifs is 1. The van der Waals surface area contributed by atoms with Crippen molar-refractivity contribution >= 4 is 5.91 Å². The lowest BCUT2D eigenvalue weighted by atomic mass is 9.94. The van der Waals surface area contributed by atoms with Gasteiger partial charge in [-0.15, -0.1) is 0 Å². The van der Waals surface area contributed by atoms with Gasteiger partial charge in [0.25, 0.3) is 0 Å². The second-order valence-corrected chi connectivity index (χ2v) is 6.64. The summed E-state index contributed by atoms with van der Waals surface area (Å²) in [6.07, 6.45) is 0.647. The van der Waals surface area contributed by atoms with E-state index in [1.807, 2.05) is 38.1 Å². The van der Waals surface area contributed by atoms with Gasteiger partial charge in [0, 0.05) is 5.56 Å². The Morgan fingerprint density at radius 1 is 1.38 bits per heavy atom. The number of hydrogen-bond donors (Lipinski definition) is 2. The molecule has 3 rings (SSSR count). The molecule has 2 N–H and O–H groups in total. The number of aliphatic hydroxyl groups is 1.